The molecule has 0 aliphatic heterocycles. The summed E-state index contributed by atoms with van der Waals surface area (Å²) in [5, 5.41) is 5.48. The Morgan fingerprint density at radius 2 is 2.04 bits per heavy atom. The van der Waals surface area contributed by atoms with E-state index >= 15 is 0 Å². The van der Waals surface area contributed by atoms with E-state index in [1.165, 1.54) is 16.9 Å². The van der Waals surface area contributed by atoms with Gasteiger partial charge < -0.3 is 10.6 Å². The van der Waals surface area contributed by atoms with Crippen molar-refractivity contribution in [3.05, 3.63) is 21.4 Å². The zero-order valence-corrected chi connectivity index (χ0v) is 15.4. The third-order valence-electron chi connectivity index (χ3n) is 4.51. The largest absolute Gasteiger partial charge is 0.355 e. The van der Waals surface area contributed by atoms with E-state index in [0.29, 0.717) is 17.9 Å². The second kappa shape index (κ2) is 7.47. The predicted molar refractivity (Wildman–Crippen MR) is 94.9 cm³/mol. The molecule has 5 heteroatoms. The van der Waals surface area contributed by atoms with Crippen molar-refractivity contribution in [3.63, 3.8) is 0 Å². The summed E-state index contributed by atoms with van der Waals surface area (Å²) in [7, 11) is 0. The molecule has 1 atom stereocenters. The zero-order valence-electron chi connectivity index (χ0n) is 14.6. The first kappa shape index (κ1) is 18.0. The molecule has 2 N–H and O–H groups in total. The molecule has 0 bridgehead atoms. The maximum absolute atomic E-state index is 12.2. The summed E-state index contributed by atoms with van der Waals surface area (Å²) < 4.78 is 0. The highest BCUT2D eigenvalue weighted by Crippen LogP contribution is 2.40. The lowest BCUT2D eigenvalue weighted by Gasteiger charge is -2.33. The van der Waals surface area contributed by atoms with Crippen molar-refractivity contribution in [3.8, 4) is 0 Å². The van der Waals surface area contributed by atoms with Crippen LogP contribution in [0.25, 0.3) is 0 Å². The highest BCUT2D eigenvalue weighted by molar-refractivity contribution is 7.14. The average Bonchev–Trinajstić information content (AvgIpc) is 2.92. The Hall–Kier alpha value is -1.36. The molecule has 1 aliphatic carbocycles. The first-order chi connectivity index (χ1) is 10.8. The van der Waals surface area contributed by atoms with Crippen LogP contribution in [0.1, 0.15) is 60.6 Å². The maximum Gasteiger partial charge on any atom is 0.261 e. The molecule has 1 unspecified atom stereocenters. The van der Waals surface area contributed by atoms with Crippen LogP contribution in [0.3, 0.4) is 0 Å². The summed E-state index contributed by atoms with van der Waals surface area (Å²) in [5.74, 6) is 0.401. The standard InChI is InChI=1S/C18H28N2O2S/c1-5-8-19-16(21)11-20-17(22)15-10-12-9-13(18(2,3)4)6-7-14(12)23-15/h10,13H,5-9,11H2,1-4H3,(H,19,21)(H,20,22). The molecule has 1 aromatic heterocycles. The summed E-state index contributed by atoms with van der Waals surface area (Å²) in [6.45, 7) is 9.56. The lowest BCUT2D eigenvalue weighted by molar-refractivity contribution is -0.120. The Bertz CT molecular complexity index is 572. The van der Waals surface area contributed by atoms with E-state index in [2.05, 4.69) is 31.4 Å². The van der Waals surface area contributed by atoms with Gasteiger partial charge in [-0.25, -0.2) is 0 Å². The number of rotatable bonds is 5. The second-order valence-corrected chi connectivity index (χ2v) is 8.53. The van der Waals surface area contributed by atoms with Crippen LogP contribution in [-0.2, 0) is 17.6 Å². The summed E-state index contributed by atoms with van der Waals surface area (Å²) in [6.07, 6.45) is 4.20. The molecular weight excluding hydrogens is 308 g/mol. The van der Waals surface area contributed by atoms with E-state index in [1.807, 2.05) is 13.0 Å². The van der Waals surface area contributed by atoms with Crippen LogP contribution in [0.2, 0.25) is 0 Å². The molecule has 128 valence electrons. The molecular formula is C18H28N2O2S. The van der Waals surface area contributed by atoms with E-state index < -0.39 is 0 Å². The van der Waals surface area contributed by atoms with E-state index in [9.17, 15) is 9.59 Å². The minimum atomic E-state index is -0.136. The fourth-order valence-corrected chi connectivity index (χ4v) is 4.07. The number of carbonyl (C=O) groups is 2. The van der Waals surface area contributed by atoms with Gasteiger partial charge in [0.25, 0.3) is 5.91 Å². The van der Waals surface area contributed by atoms with Gasteiger partial charge in [0.2, 0.25) is 5.91 Å². The van der Waals surface area contributed by atoms with Gasteiger partial charge in [-0.1, -0.05) is 27.7 Å². The molecule has 0 fully saturated rings. The Morgan fingerprint density at radius 1 is 1.30 bits per heavy atom. The number of hydrogen-bond donors (Lipinski definition) is 2. The monoisotopic (exact) mass is 336 g/mol. The SMILES string of the molecule is CCCNC(=O)CNC(=O)c1cc2c(s1)CCC(C(C)(C)C)C2. The average molecular weight is 337 g/mol. The second-order valence-electron chi connectivity index (χ2n) is 7.40. The zero-order chi connectivity index (χ0) is 17.0. The Kier molecular flexibility index (Phi) is 5.84. The molecule has 0 saturated carbocycles. The minimum Gasteiger partial charge on any atom is -0.355 e. The van der Waals surface area contributed by atoms with Gasteiger partial charge in [-0.15, -0.1) is 11.3 Å². The first-order valence-corrected chi connectivity index (χ1v) is 9.29. The number of amides is 2. The third kappa shape index (κ3) is 4.80. The van der Waals surface area contributed by atoms with Crippen LogP contribution in [0.4, 0.5) is 0 Å². The van der Waals surface area contributed by atoms with Crippen molar-refractivity contribution in [2.24, 2.45) is 11.3 Å². The molecule has 2 amide bonds. The van der Waals surface area contributed by atoms with Crippen molar-refractivity contribution in [2.45, 2.75) is 53.4 Å². The van der Waals surface area contributed by atoms with Gasteiger partial charge in [0.1, 0.15) is 0 Å². The maximum atomic E-state index is 12.2. The minimum absolute atomic E-state index is 0.0476. The van der Waals surface area contributed by atoms with Gasteiger partial charge in [0, 0.05) is 11.4 Å². The highest BCUT2D eigenvalue weighted by atomic mass is 32.1. The molecule has 0 saturated heterocycles. The number of fused-ring (bicyclic) bond motifs is 1. The molecule has 0 spiro atoms. The van der Waals surface area contributed by atoms with Crippen molar-refractivity contribution < 1.29 is 9.59 Å². The lowest BCUT2D eigenvalue weighted by Crippen LogP contribution is -2.36. The van der Waals surface area contributed by atoms with Crippen LogP contribution in [-0.4, -0.2) is 24.9 Å². The van der Waals surface area contributed by atoms with Gasteiger partial charge in [-0.05, 0) is 48.6 Å². The fourth-order valence-electron chi connectivity index (χ4n) is 2.95. The fraction of sp³-hybridized carbons (Fsp3) is 0.667. The number of carbonyl (C=O) groups excluding carboxylic acids is 2. The molecule has 23 heavy (non-hydrogen) atoms. The molecule has 4 nitrogen and oxygen atoms in total. The molecule has 1 heterocycles. The number of thiophene rings is 1. The molecule has 0 radical (unpaired) electrons. The number of nitrogens with one attached hydrogen (secondary N) is 2. The van der Waals surface area contributed by atoms with Crippen LogP contribution >= 0.6 is 11.3 Å². The van der Waals surface area contributed by atoms with E-state index in [1.54, 1.807) is 11.3 Å². The van der Waals surface area contributed by atoms with Crippen molar-refractivity contribution in [1.82, 2.24) is 10.6 Å². The summed E-state index contributed by atoms with van der Waals surface area (Å²) >= 11 is 1.58. The molecule has 1 aliphatic rings. The molecule has 0 aromatic carbocycles. The Labute approximate surface area is 143 Å². The van der Waals surface area contributed by atoms with E-state index in [-0.39, 0.29) is 18.4 Å². The van der Waals surface area contributed by atoms with Crippen molar-refractivity contribution in [1.29, 1.82) is 0 Å². The molecule has 1 aromatic rings. The normalized spacial score (nSPS) is 17.5. The van der Waals surface area contributed by atoms with Crippen LogP contribution < -0.4 is 10.6 Å². The Morgan fingerprint density at radius 3 is 2.70 bits per heavy atom. The van der Waals surface area contributed by atoms with E-state index in [0.717, 1.165) is 24.1 Å². The Balaban J connectivity index is 1.94. The highest BCUT2D eigenvalue weighted by Gasteiger charge is 2.30. The van der Waals surface area contributed by atoms with Crippen LogP contribution in [0.15, 0.2) is 6.07 Å². The number of hydrogen-bond acceptors (Lipinski definition) is 3. The van der Waals surface area contributed by atoms with Crippen LogP contribution in [0, 0.1) is 11.3 Å². The summed E-state index contributed by atoms with van der Waals surface area (Å²) in [4.78, 5) is 25.9. The number of aryl methyl sites for hydroxylation is 1. The smallest absolute Gasteiger partial charge is 0.261 e. The van der Waals surface area contributed by atoms with Crippen LogP contribution in [0.5, 0.6) is 0 Å². The third-order valence-corrected chi connectivity index (χ3v) is 5.75. The van der Waals surface area contributed by atoms with Gasteiger partial charge in [-0.2, -0.15) is 0 Å². The predicted octanol–water partition coefficient (Wildman–Crippen LogP) is 3.16. The molecule has 2 rings (SSSR count). The topological polar surface area (TPSA) is 58.2 Å². The first-order valence-electron chi connectivity index (χ1n) is 8.47. The van der Waals surface area contributed by atoms with Crippen molar-refractivity contribution >= 4 is 23.2 Å². The van der Waals surface area contributed by atoms with Gasteiger partial charge in [0.05, 0.1) is 11.4 Å². The van der Waals surface area contributed by atoms with Crippen molar-refractivity contribution in [2.75, 3.05) is 13.1 Å². The lowest BCUT2D eigenvalue weighted by atomic mass is 9.72. The quantitative estimate of drug-likeness (QED) is 0.868. The summed E-state index contributed by atoms with van der Waals surface area (Å²) in [6, 6.07) is 2.02. The van der Waals surface area contributed by atoms with Gasteiger partial charge in [0.15, 0.2) is 0 Å². The van der Waals surface area contributed by atoms with Gasteiger partial charge in [-0.3, -0.25) is 9.59 Å². The van der Waals surface area contributed by atoms with Gasteiger partial charge >= 0.3 is 0 Å². The van der Waals surface area contributed by atoms with E-state index in [4.69, 9.17) is 0 Å². The summed E-state index contributed by atoms with van der Waals surface area (Å²) in [5.41, 5.74) is 1.63.